The number of aromatic hydroxyl groups is 1. The van der Waals surface area contributed by atoms with Crippen LogP contribution in [0.25, 0.3) is 0 Å². The number of hydrogen-bond donors (Lipinski definition) is 3. The molecule has 8 heteroatoms. The Kier molecular flexibility index (Phi) is 7.16. The number of hydrogen-bond acceptors (Lipinski definition) is 5. The number of phenolic OH excluding ortho intramolecular Hbond substituents is 1. The Morgan fingerprint density at radius 1 is 1.23 bits per heavy atom. The summed E-state index contributed by atoms with van der Waals surface area (Å²) in [5.41, 5.74) is 3.50. The number of anilines is 1. The van der Waals surface area contributed by atoms with Crippen LogP contribution in [0.15, 0.2) is 52.0 Å². The summed E-state index contributed by atoms with van der Waals surface area (Å²) >= 11 is 3.31. The molecule has 7 nitrogen and oxygen atoms in total. The van der Waals surface area contributed by atoms with E-state index < -0.39 is 11.8 Å². The molecular formula is C18H18BrN3O4. The van der Waals surface area contributed by atoms with Crippen LogP contribution in [0.2, 0.25) is 0 Å². The van der Waals surface area contributed by atoms with Crippen molar-refractivity contribution in [2.75, 3.05) is 11.9 Å². The number of nitrogens with one attached hydrogen (secondary N) is 2. The summed E-state index contributed by atoms with van der Waals surface area (Å²) in [6, 6.07) is 11.8. The highest BCUT2D eigenvalue weighted by atomic mass is 79.9. The minimum Gasteiger partial charge on any atom is -0.504 e. The molecule has 2 aromatic rings. The maximum absolute atomic E-state index is 11.9. The Labute approximate surface area is 159 Å². The second kappa shape index (κ2) is 9.57. The third kappa shape index (κ3) is 5.89. The number of carbonyl (C=O) groups excluding carboxylic acids is 2. The van der Waals surface area contributed by atoms with Crippen LogP contribution in [-0.4, -0.2) is 29.7 Å². The number of rotatable bonds is 7. The highest BCUT2D eigenvalue weighted by Crippen LogP contribution is 2.26. The molecule has 0 radical (unpaired) electrons. The van der Waals surface area contributed by atoms with Crippen molar-refractivity contribution in [3.8, 4) is 11.5 Å². The first-order chi connectivity index (χ1) is 12.5. The number of phenols is 1. The van der Waals surface area contributed by atoms with Crippen molar-refractivity contribution < 1.29 is 19.4 Å². The summed E-state index contributed by atoms with van der Waals surface area (Å²) in [5, 5.41) is 16.1. The maximum Gasteiger partial charge on any atom is 0.249 e. The monoisotopic (exact) mass is 419 g/mol. The lowest BCUT2D eigenvalue weighted by molar-refractivity contribution is -0.126. The molecule has 0 fully saturated rings. The van der Waals surface area contributed by atoms with E-state index in [-0.39, 0.29) is 12.2 Å². The average Bonchev–Trinajstić information content (AvgIpc) is 2.60. The van der Waals surface area contributed by atoms with Crippen molar-refractivity contribution in [3.63, 3.8) is 0 Å². The standard InChI is InChI=1S/C18H18BrN3O4/c1-2-26-16-9-12(7-8-15(16)23)11-20-22-18(25)10-17(24)21-14-6-4-3-5-13(14)19/h3-9,11,23H,2,10H2,1H3,(H,21,24)(H,22,25)/b20-11+. The number of carbonyl (C=O) groups is 2. The number of para-hydroxylation sites is 1. The normalized spacial score (nSPS) is 10.5. The van der Waals surface area contributed by atoms with E-state index in [2.05, 4.69) is 31.8 Å². The van der Waals surface area contributed by atoms with Gasteiger partial charge in [-0.15, -0.1) is 0 Å². The van der Waals surface area contributed by atoms with E-state index in [4.69, 9.17) is 4.74 Å². The van der Waals surface area contributed by atoms with Crippen LogP contribution in [0.1, 0.15) is 18.9 Å². The second-order valence-corrected chi connectivity index (χ2v) is 6.01. The highest BCUT2D eigenvalue weighted by molar-refractivity contribution is 9.10. The molecule has 2 rings (SSSR count). The lowest BCUT2D eigenvalue weighted by Gasteiger charge is -2.07. The van der Waals surface area contributed by atoms with Crippen LogP contribution < -0.4 is 15.5 Å². The van der Waals surface area contributed by atoms with Gasteiger partial charge in [-0.1, -0.05) is 12.1 Å². The first kappa shape index (κ1) is 19.5. The van der Waals surface area contributed by atoms with Crippen LogP contribution >= 0.6 is 15.9 Å². The van der Waals surface area contributed by atoms with Crippen LogP contribution in [-0.2, 0) is 9.59 Å². The molecular weight excluding hydrogens is 402 g/mol. The molecule has 0 aromatic heterocycles. The van der Waals surface area contributed by atoms with E-state index in [0.717, 1.165) is 4.47 Å². The lowest BCUT2D eigenvalue weighted by atomic mass is 10.2. The fraction of sp³-hybridized carbons (Fsp3) is 0.167. The van der Waals surface area contributed by atoms with Crippen LogP contribution in [0.3, 0.4) is 0 Å². The van der Waals surface area contributed by atoms with Crippen molar-refractivity contribution in [2.24, 2.45) is 5.10 Å². The third-order valence-electron chi connectivity index (χ3n) is 3.16. The van der Waals surface area contributed by atoms with E-state index >= 15 is 0 Å². The van der Waals surface area contributed by atoms with Crippen LogP contribution in [0.4, 0.5) is 5.69 Å². The van der Waals surface area contributed by atoms with Crippen LogP contribution in [0.5, 0.6) is 11.5 Å². The van der Waals surface area contributed by atoms with Crippen molar-refractivity contribution in [1.82, 2.24) is 5.43 Å². The lowest BCUT2D eigenvalue weighted by Crippen LogP contribution is -2.24. The summed E-state index contributed by atoms with van der Waals surface area (Å²) in [5.74, 6) is -0.644. The quantitative estimate of drug-likeness (QED) is 0.364. The van der Waals surface area contributed by atoms with Gasteiger partial charge in [-0.3, -0.25) is 9.59 Å². The Balaban J connectivity index is 1.86. The van der Waals surface area contributed by atoms with Gasteiger partial charge in [-0.25, -0.2) is 5.43 Å². The minimum atomic E-state index is -0.547. The minimum absolute atomic E-state index is 0.0248. The largest absolute Gasteiger partial charge is 0.504 e. The molecule has 0 unspecified atom stereocenters. The fourth-order valence-electron chi connectivity index (χ4n) is 2.00. The highest BCUT2D eigenvalue weighted by Gasteiger charge is 2.10. The summed E-state index contributed by atoms with van der Waals surface area (Å²) in [4.78, 5) is 23.7. The molecule has 0 saturated carbocycles. The number of ether oxygens (including phenoxy) is 1. The summed E-state index contributed by atoms with van der Waals surface area (Å²) in [6.07, 6.45) is 1.03. The van der Waals surface area contributed by atoms with Gasteiger partial charge in [0, 0.05) is 4.47 Å². The third-order valence-corrected chi connectivity index (χ3v) is 3.85. The molecule has 0 heterocycles. The van der Waals surface area contributed by atoms with Crippen molar-refractivity contribution in [2.45, 2.75) is 13.3 Å². The SMILES string of the molecule is CCOc1cc(/C=N/NC(=O)CC(=O)Nc2ccccc2Br)ccc1O. The van der Waals surface area contributed by atoms with Crippen LogP contribution in [0, 0.1) is 0 Å². The van der Waals surface area contributed by atoms with Gasteiger partial charge in [-0.05, 0) is 58.7 Å². The zero-order valence-electron chi connectivity index (χ0n) is 14.0. The number of hydrazone groups is 1. The molecule has 0 aliphatic carbocycles. The molecule has 0 aliphatic heterocycles. The zero-order valence-corrected chi connectivity index (χ0v) is 15.6. The fourth-order valence-corrected chi connectivity index (χ4v) is 2.39. The summed E-state index contributed by atoms with van der Waals surface area (Å²) in [7, 11) is 0. The van der Waals surface area contributed by atoms with Gasteiger partial charge in [0.2, 0.25) is 11.8 Å². The molecule has 2 amide bonds. The van der Waals surface area contributed by atoms with Gasteiger partial charge in [0.1, 0.15) is 6.42 Å². The van der Waals surface area contributed by atoms with Gasteiger partial charge in [-0.2, -0.15) is 5.10 Å². The molecule has 136 valence electrons. The molecule has 0 aliphatic rings. The summed E-state index contributed by atoms with van der Waals surface area (Å²) in [6.45, 7) is 2.22. The van der Waals surface area contributed by atoms with Gasteiger partial charge < -0.3 is 15.2 Å². The predicted molar refractivity (Wildman–Crippen MR) is 102 cm³/mol. The molecule has 0 bridgehead atoms. The van der Waals surface area contributed by atoms with Crippen molar-refractivity contribution in [3.05, 3.63) is 52.5 Å². The van der Waals surface area contributed by atoms with Gasteiger partial charge >= 0.3 is 0 Å². The maximum atomic E-state index is 11.9. The predicted octanol–water partition coefficient (Wildman–Crippen LogP) is 3.03. The molecule has 2 aromatic carbocycles. The Morgan fingerprint density at radius 2 is 2.00 bits per heavy atom. The van der Waals surface area contributed by atoms with Crippen molar-refractivity contribution in [1.29, 1.82) is 0 Å². The van der Waals surface area contributed by atoms with Gasteiger partial charge in [0.15, 0.2) is 11.5 Å². The van der Waals surface area contributed by atoms with E-state index in [0.29, 0.717) is 23.6 Å². The van der Waals surface area contributed by atoms with Crippen molar-refractivity contribution >= 4 is 39.6 Å². The summed E-state index contributed by atoms with van der Waals surface area (Å²) < 4.78 is 5.99. The van der Waals surface area contributed by atoms with E-state index in [9.17, 15) is 14.7 Å². The molecule has 3 N–H and O–H groups in total. The Hall–Kier alpha value is -2.87. The molecule has 26 heavy (non-hydrogen) atoms. The number of benzene rings is 2. The first-order valence-electron chi connectivity index (χ1n) is 7.81. The first-order valence-corrected chi connectivity index (χ1v) is 8.61. The number of halogens is 1. The second-order valence-electron chi connectivity index (χ2n) is 5.16. The smallest absolute Gasteiger partial charge is 0.249 e. The topological polar surface area (TPSA) is 100 Å². The van der Waals surface area contributed by atoms with Gasteiger partial charge in [0.05, 0.1) is 18.5 Å². The Morgan fingerprint density at radius 3 is 2.73 bits per heavy atom. The molecule has 0 spiro atoms. The molecule has 0 atom stereocenters. The Bertz CT molecular complexity index is 824. The number of amides is 2. The zero-order chi connectivity index (χ0) is 18.9. The van der Waals surface area contributed by atoms with E-state index in [1.54, 1.807) is 37.3 Å². The number of nitrogens with zero attached hydrogens (tertiary/aromatic N) is 1. The average molecular weight is 420 g/mol. The van der Waals surface area contributed by atoms with Gasteiger partial charge in [0.25, 0.3) is 0 Å². The van der Waals surface area contributed by atoms with E-state index in [1.165, 1.54) is 12.3 Å². The van der Waals surface area contributed by atoms with E-state index in [1.807, 2.05) is 6.07 Å². The molecule has 0 saturated heterocycles.